The lowest BCUT2D eigenvalue weighted by molar-refractivity contribution is -0.131. The van der Waals surface area contributed by atoms with Crippen LogP contribution in [0.5, 0.6) is 0 Å². The van der Waals surface area contributed by atoms with Crippen molar-refractivity contribution in [3.05, 3.63) is 30.1 Å². The van der Waals surface area contributed by atoms with Gasteiger partial charge in [0.25, 0.3) is 0 Å². The molecule has 1 N–H and O–H groups in total. The Morgan fingerprint density at radius 3 is 2.71 bits per heavy atom. The molecule has 0 amide bonds. The van der Waals surface area contributed by atoms with Crippen LogP contribution in [0.4, 0.5) is 0 Å². The first kappa shape index (κ1) is 15.7. The monoisotopic (exact) mass is 310 g/mol. The molecule has 1 aromatic heterocycles. The maximum atomic E-state index is 12.6. The lowest BCUT2D eigenvalue weighted by atomic mass is 10.1. The van der Waals surface area contributed by atoms with Gasteiger partial charge in [-0.2, -0.15) is 4.31 Å². The number of carboxylic acids is 1. The summed E-state index contributed by atoms with van der Waals surface area (Å²) < 4.78 is 26.7. The standard InChI is InChI=1S/C14H18N2O4S/c1-10-5-11(2)16(9-10)21(19,20)13-6-12(7-15-8-13)3-4-14(17)18/h3-4,6-8,10-11H,5,9H2,1-2H3,(H,17,18)/b4-3+. The van der Waals surface area contributed by atoms with Crippen molar-refractivity contribution in [2.45, 2.75) is 31.2 Å². The van der Waals surface area contributed by atoms with Crippen LogP contribution in [0.25, 0.3) is 6.08 Å². The summed E-state index contributed by atoms with van der Waals surface area (Å²) in [4.78, 5) is 14.5. The van der Waals surface area contributed by atoms with Crippen LogP contribution in [-0.4, -0.2) is 41.4 Å². The molecular weight excluding hydrogens is 292 g/mol. The normalized spacial score (nSPS) is 23.7. The van der Waals surface area contributed by atoms with E-state index in [1.54, 1.807) is 0 Å². The van der Waals surface area contributed by atoms with Gasteiger partial charge in [-0.05, 0) is 37.0 Å². The molecule has 2 heterocycles. The Labute approximate surface area is 124 Å². The maximum absolute atomic E-state index is 12.6. The predicted molar refractivity (Wildman–Crippen MR) is 78.0 cm³/mol. The molecule has 21 heavy (non-hydrogen) atoms. The zero-order chi connectivity index (χ0) is 15.6. The molecule has 6 nitrogen and oxygen atoms in total. The van der Waals surface area contributed by atoms with Gasteiger partial charge in [0, 0.05) is 31.1 Å². The van der Waals surface area contributed by atoms with Gasteiger partial charge in [0.1, 0.15) is 4.90 Å². The third-order valence-electron chi connectivity index (χ3n) is 3.49. The Hall–Kier alpha value is -1.73. The van der Waals surface area contributed by atoms with E-state index in [1.807, 2.05) is 13.8 Å². The molecule has 1 saturated heterocycles. The maximum Gasteiger partial charge on any atom is 0.328 e. The largest absolute Gasteiger partial charge is 0.478 e. The highest BCUT2D eigenvalue weighted by molar-refractivity contribution is 7.89. The van der Waals surface area contributed by atoms with E-state index in [4.69, 9.17) is 5.11 Å². The number of carbonyl (C=O) groups is 1. The molecule has 0 saturated carbocycles. The van der Waals surface area contributed by atoms with Crippen LogP contribution < -0.4 is 0 Å². The van der Waals surface area contributed by atoms with Crippen LogP contribution in [0.1, 0.15) is 25.8 Å². The van der Waals surface area contributed by atoms with Crippen LogP contribution in [0, 0.1) is 5.92 Å². The average Bonchev–Trinajstić information content (AvgIpc) is 2.76. The van der Waals surface area contributed by atoms with Crippen molar-refractivity contribution in [1.82, 2.24) is 9.29 Å². The Bertz CT molecular complexity index is 669. The highest BCUT2D eigenvalue weighted by atomic mass is 32.2. The van der Waals surface area contributed by atoms with Crippen molar-refractivity contribution in [3.8, 4) is 0 Å². The number of nitrogens with zero attached hydrogens (tertiary/aromatic N) is 2. The van der Waals surface area contributed by atoms with Gasteiger partial charge >= 0.3 is 5.97 Å². The Kier molecular flexibility index (Phi) is 4.43. The van der Waals surface area contributed by atoms with Gasteiger partial charge in [0.2, 0.25) is 10.0 Å². The molecule has 2 rings (SSSR count). The highest BCUT2D eigenvalue weighted by Gasteiger charge is 2.36. The molecule has 7 heteroatoms. The molecule has 0 aliphatic carbocycles. The summed E-state index contributed by atoms with van der Waals surface area (Å²) in [5.41, 5.74) is 0.443. The third-order valence-corrected chi connectivity index (χ3v) is 5.43. The number of hydrogen-bond acceptors (Lipinski definition) is 4. The van der Waals surface area contributed by atoms with Crippen LogP contribution in [0.15, 0.2) is 29.4 Å². The summed E-state index contributed by atoms with van der Waals surface area (Å²) in [5, 5.41) is 8.61. The molecule has 0 aromatic carbocycles. The van der Waals surface area contributed by atoms with Crippen molar-refractivity contribution in [2.24, 2.45) is 5.92 Å². The fourth-order valence-corrected chi connectivity index (χ4v) is 4.33. The second kappa shape index (κ2) is 5.95. The van der Waals surface area contributed by atoms with E-state index in [0.29, 0.717) is 18.0 Å². The first-order valence-corrected chi connectivity index (χ1v) is 8.12. The molecule has 1 fully saturated rings. The van der Waals surface area contributed by atoms with Gasteiger partial charge in [-0.15, -0.1) is 0 Å². The average molecular weight is 310 g/mol. The van der Waals surface area contributed by atoms with E-state index in [-0.39, 0.29) is 10.9 Å². The second-order valence-corrected chi connectivity index (χ2v) is 7.28. The number of hydrogen-bond donors (Lipinski definition) is 1. The van der Waals surface area contributed by atoms with Crippen LogP contribution in [0.3, 0.4) is 0 Å². The van der Waals surface area contributed by atoms with Gasteiger partial charge in [-0.25, -0.2) is 13.2 Å². The smallest absolute Gasteiger partial charge is 0.328 e. The molecule has 2 unspecified atom stereocenters. The fourth-order valence-electron chi connectivity index (χ4n) is 2.57. The first-order chi connectivity index (χ1) is 9.80. The zero-order valence-electron chi connectivity index (χ0n) is 11.9. The number of carboxylic acid groups (broad SMARTS) is 1. The Balaban J connectivity index is 2.33. The van der Waals surface area contributed by atoms with Gasteiger partial charge in [-0.1, -0.05) is 6.92 Å². The molecule has 0 spiro atoms. The van der Waals surface area contributed by atoms with Gasteiger partial charge in [0.15, 0.2) is 0 Å². The highest BCUT2D eigenvalue weighted by Crippen LogP contribution is 2.29. The number of aliphatic carboxylic acids is 1. The topological polar surface area (TPSA) is 87.6 Å². The van der Waals surface area contributed by atoms with E-state index >= 15 is 0 Å². The molecule has 2 atom stereocenters. The summed E-state index contributed by atoms with van der Waals surface area (Å²) in [7, 11) is -3.59. The molecule has 0 radical (unpaired) electrons. The number of sulfonamides is 1. The molecule has 0 bridgehead atoms. The van der Waals surface area contributed by atoms with Crippen molar-refractivity contribution >= 4 is 22.1 Å². The summed E-state index contributed by atoms with van der Waals surface area (Å²) in [5.74, 6) is -0.761. The molecular formula is C14H18N2O4S. The van der Waals surface area contributed by atoms with E-state index < -0.39 is 16.0 Å². The molecule has 114 valence electrons. The van der Waals surface area contributed by atoms with Gasteiger partial charge in [0.05, 0.1) is 0 Å². The van der Waals surface area contributed by atoms with Crippen molar-refractivity contribution in [2.75, 3.05) is 6.54 Å². The number of pyridine rings is 1. The second-order valence-electron chi connectivity index (χ2n) is 5.39. The predicted octanol–water partition coefficient (Wildman–Crippen LogP) is 1.60. The Morgan fingerprint density at radius 1 is 1.43 bits per heavy atom. The summed E-state index contributed by atoms with van der Waals surface area (Å²) in [6, 6.07) is 1.40. The minimum Gasteiger partial charge on any atom is -0.478 e. The van der Waals surface area contributed by atoms with Gasteiger partial charge in [-0.3, -0.25) is 4.98 Å². The zero-order valence-corrected chi connectivity index (χ0v) is 12.7. The van der Waals surface area contributed by atoms with E-state index in [2.05, 4.69) is 4.98 Å². The quantitative estimate of drug-likeness (QED) is 0.853. The van der Waals surface area contributed by atoms with Crippen molar-refractivity contribution in [1.29, 1.82) is 0 Å². The molecule has 1 aromatic rings. The van der Waals surface area contributed by atoms with E-state index in [9.17, 15) is 13.2 Å². The van der Waals surface area contributed by atoms with Crippen LogP contribution in [0.2, 0.25) is 0 Å². The molecule has 1 aliphatic heterocycles. The fraction of sp³-hybridized carbons (Fsp3) is 0.429. The minimum absolute atomic E-state index is 0.0387. The van der Waals surface area contributed by atoms with E-state index in [0.717, 1.165) is 12.5 Å². The van der Waals surface area contributed by atoms with E-state index in [1.165, 1.54) is 28.8 Å². The lowest BCUT2D eigenvalue weighted by Crippen LogP contribution is -2.34. The first-order valence-electron chi connectivity index (χ1n) is 6.68. The summed E-state index contributed by atoms with van der Waals surface area (Å²) in [6.07, 6.45) is 5.83. The van der Waals surface area contributed by atoms with Gasteiger partial charge < -0.3 is 5.11 Å². The van der Waals surface area contributed by atoms with Crippen LogP contribution >= 0.6 is 0 Å². The minimum atomic E-state index is -3.59. The summed E-state index contributed by atoms with van der Waals surface area (Å²) in [6.45, 7) is 4.41. The SMILES string of the molecule is CC1CC(C)N(S(=O)(=O)c2cncc(/C=C/C(=O)O)c2)C1. The van der Waals surface area contributed by atoms with Crippen molar-refractivity contribution in [3.63, 3.8) is 0 Å². The van der Waals surface area contributed by atoms with Crippen LogP contribution in [-0.2, 0) is 14.8 Å². The number of aromatic nitrogens is 1. The summed E-state index contributed by atoms with van der Waals surface area (Å²) >= 11 is 0. The van der Waals surface area contributed by atoms with Crippen molar-refractivity contribution < 1.29 is 18.3 Å². The molecule has 1 aliphatic rings. The third kappa shape index (κ3) is 3.48. The Morgan fingerprint density at radius 2 is 2.14 bits per heavy atom. The number of rotatable bonds is 4. The lowest BCUT2D eigenvalue weighted by Gasteiger charge is -2.20.